The SMILES string of the molecule is C=CCCCCCOC1CCC2(CC1)OCCO2. The van der Waals surface area contributed by atoms with Crippen LogP contribution in [0.4, 0.5) is 0 Å². The summed E-state index contributed by atoms with van der Waals surface area (Å²) in [5.74, 6) is -0.246. The minimum absolute atomic E-state index is 0.246. The Labute approximate surface area is 110 Å². The molecule has 2 fully saturated rings. The van der Waals surface area contributed by atoms with Gasteiger partial charge in [-0.2, -0.15) is 0 Å². The maximum absolute atomic E-state index is 5.93. The Balaban J connectivity index is 1.52. The molecular weight excluding hydrogens is 228 g/mol. The summed E-state index contributed by atoms with van der Waals surface area (Å²) in [6, 6.07) is 0. The fourth-order valence-corrected chi connectivity index (χ4v) is 2.80. The molecule has 0 amide bonds. The van der Waals surface area contributed by atoms with Gasteiger partial charge in [-0.1, -0.05) is 12.5 Å². The molecule has 1 heterocycles. The van der Waals surface area contributed by atoms with Gasteiger partial charge in [0.25, 0.3) is 0 Å². The van der Waals surface area contributed by atoms with E-state index >= 15 is 0 Å². The second-order valence-corrected chi connectivity index (χ2v) is 5.32. The number of allylic oxidation sites excluding steroid dienone is 1. The van der Waals surface area contributed by atoms with E-state index in [-0.39, 0.29) is 5.79 Å². The van der Waals surface area contributed by atoms with Crippen molar-refractivity contribution < 1.29 is 14.2 Å². The predicted molar refractivity (Wildman–Crippen MR) is 71.5 cm³/mol. The molecule has 3 heteroatoms. The Hall–Kier alpha value is -0.380. The van der Waals surface area contributed by atoms with Crippen LogP contribution < -0.4 is 0 Å². The van der Waals surface area contributed by atoms with Gasteiger partial charge in [0.15, 0.2) is 5.79 Å². The smallest absolute Gasteiger partial charge is 0.168 e. The molecule has 0 aromatic carbocycles. The number of rotatable bonds is 7. The highest BCUT2D eigenvalue weighted by Gasteiger charge is 2.40. The third kappa shape index (κ3) is 4.08. The van der Waals surface area contributed by atoms with E-state index in [4.69, 9.17) is 14.2 Å². The predicted octanol–water partition coefficient (Wildman–Crippen LogP) is 3.44. The fraction of sp³-hybridized carbons (Fsp3) is 0.867. The van der Waals surface area contributed by atoms with Crippen LogP contribution in [-0.2, 0) is 14.2 Å². The highest BCUT2D eigenvalue weighted by Crippen LogP contribution is 2.36. The van der Waals surface area contributed by atoms with E-state index in [1.165, 1.54) is 19.3 Å². The maximum Gasteiger partial charge on any atom is 0.168 e. The molecule has 0 bridgehead atoms. The average Bonchev–Trinajstić information content (AvgIpc) is 2.85. The molecular formula is C15H26O3. The normalized spacial score (nSPS) is 23.6. The van der Waals surface area contributed by atoms with Gasteiger partial charge in [-0.25, -0.2) is 0 Å². The van der Waals surface area contributed by atoms with Gasteiger partial charge < -0.3 is 14.2 Å². The van der Waals surface area contributed by atoms with Crippen molar-refractivity contribution in [1.82, 2.24) is 0 Å². The Kier molecular flexibility index (Phi) is 5.67. The molecule has 2 aliphatic rings. The topological polar surface area (TPSA) is 27.7 Å². The van der Waals surface area contributed by atoms with Crippen LogP contribution in [0.15, 0.2) is 12.7 Å². The Bertz CT molecular complexity index is 236. The zero-order chi connectivity index (χ0) is 12.7. The summed E-state index contributed by atoms with van der Waals surface area (Å²) in [5.41, 5.74) is 0. The van der Waals surface area contributed by atoms with E-state index in [1.54, 1.807) is 0 Å². The molecule has 1 aliphatic heterocycles. The summed E-state index contributed by atoms with van der Waals surface area (Å²) < 4.78 is 17.4. The van der Waals surface area contributed by atoms with Crippen molar-refractivity contribution in [3.05, 3.63) is 12.7 Å². The minimum Gasteiger partial charge on any atom is -0.378 e. The fourth-order valence-electron chi connectivity index (χ4n) is 2.80. The molecule has 1 saturated heterocycles. The average molecular weight is 254 g/mol. The molecule has 0 aromatic rings. The van der Waals surface area contributed by atoms with E-state index in [2.05, 4.69) is 6.58 Å². The molecule has 0 radical (unpaired) electrons. The van der Waals surface area contributed by atoms with Crippen LogP contribution in [-0.4, -0.2) is 31.7 Å². The van der Waals surface area contributed by atoms with Gasteiger partial charge in [-0.05, 0) is 32.1 Å². The summed E-state index contributed by atoms with van der Waals surface area (Å²) in [4.78, 5) is 0. The molecule has 0 atom stereocenters. The van der Waals surface area contributed by atoms with E-state index in [1.807, 2.05) is 6.08 Å². The van der Waals surface area contributed by atoms with Gasteiger partial charge in [0.05, 0.1) is 19.3 Å². The van der Waals surface area contributed by atoms with Gasteiger partial charge >= 0.3 is 0 Å². The molecule has 18 heavy (non-hydrogen) atoms. The van der Waals surface area contributed by atoms with Gasteiger partial charge in [-0.15, -0.1) is 6.58 Å². The summed E-state index contributed by atoms with van der Waals surface area (Å²) in [6.45, 7) is 6.15. The highest BCUT2D eigenvalue weighted by atomic mass is 16.7. The molecule has 1 spiro atoms. The van der Waals surface area contributed by atoms with Crippen LogP contribution in [0.2, 0.25) is 0 Å². The number of hydrogen-bond acceptors (Lipinski definition) is 3. The summed E-state index contributed by atoms with van der Waals surface area (Å²) in [6.07, 6.45) is 11.3. The number of unbranched alkanes of at least 4 members (excludes halogenated alkanes) is 3. The van der Waals surface area contributed by atoms with Crippen LogP contribution >= 0.6 is 0 Å². The lowest BCUT2D eigenvalue weighted by Crippen LogP contribution is -2.37. The summed E-state index contributed by atoms with van der Waals surface area (Å²) >= 11 is 0. The van der Waals surface area contributed by atoms with Crippen molar-refractivity contribution in [3.8, 4) is 0 Å². The van der Waals surface area contributed by atoms with Crippen LogP contribution in [0.3, 0.4) is 0 Å². The highest BCUT2D eigenvalue weighted by molar-refractivity contribution is 4.82. The molecule has 1 aliphatic carbocycles. The second-order valence-electron chi connectivity index (χ2n) is 5.32. The van der Waals surface area contributed by atoms with Crippen LogP contribution in [0.5, 0.6) is 0 Å². The lowest BCUT2D eigenvalue weighted by molar-refractivity contribution is -0.191. The third-order valence-electron chi connectivity index (χ3n) is 3.91. The van der Waals surface area contributed by atoms with Crippen LogP contribution in [0.25, 0.3) is 0 Å². The lowest BCUT2D eigenvalue weighted by atomic mass is 9.92. The molecule has 0 aromatic heterocycles. The maximum atomic E-state index is 5.93. The van der Waals surface area contributed by atoms with Crippen LogP contribution in [0, 0.1) is 0 Å². The van der Waals surface area contributed by atoms with Gasteiger partial charge in [0.1, 0.15) is 0 Å². The monoisotopic (exact) mass is 254 g/mol. The first kappa shape index (κ1) is 14.0. The van der Waals surface area contributed by atoms with E-state index in [9.17, 15) is 0 Å². The zero-order valence-corrected chi connectivity index (χ0v) is 11.4. The molecule has 3 nitrogen and oxygen atoms in total. The molecule has 0 unspecified atom stereocenters. The van der Waals surface area contributed by atoms with Gasteiger partial charge in [-0.3, -0.25) is 0 Å². The van der Waals surface area contributed by atoms with E-state index in [0.29, 0.717) is 6.10 Å². The number of hydrogen-bond donors (Lipinski definition) is 0. The standard InChI is InChI=1S/C15H26O3/c1-2-3-4-5-6-11-16-14-7-9-15(10-8-14)17-12-13-18-15/h2,14H,1,3-13H2. The first-order valence-corrected chi connectivity index (χ1v) is 7.35. The second kappa shape index (κ2) is 7.27. The Morgan fingerprint density at radius 1 is 1.11 bits per heavy atom. The first-order valence-electron chi connectivity index (χ1n) is 7.35. The third-order valence-corrected chi connectivity index (χ3v) is 3.91. The quantitative estimate of drug-likeness (QED) is 0.514. The van der Waals surface area contributed by atoms with Crippen molar-refractivity contribution in [1.29, 1.82) is 0 Å². The first-order chi connectivity index (χ1) is 8.85. The lowest BCUT2D eigenvalue weighted by Gasteiger charge is -2.35. The van der Waals surface area contributed by atoms with Crippen molar-refractivity contribution in [2.75, 3.05) is 19.8 Å². The van der Waals surface area contributed by atoms with E-state index in [0.717, 1.165) is 51.9 Å². The van der Waals surface area contributed by atoms with E-state index < -0.39 is 0 Å². The number of ether oxygens (including phenoxy) is 3. The van der Waals surface area contributed by atoms with Gasteiger partial charge in [0.2, 0.25) is 0 Å². The summed E-state index contributed by atoms with van der Waals surface area (Å²) in [5, 5.41) is 0. The molecule has 1 saturated carbocycles. The molecule has 0 N–H and O–H groups in total. The Morgan fingerprint density at radius 3 is 2.50 bits per heavy atom. The Morgan fingerprint density at radius 2 is 1.83 bits per heavy atom. The molecule has 104 valence electrons. The molecule has 2 rings (SSSR count). The zero-order valence-electron chi connectivity index (χ0n) is 11.4. The minimum atomic E-state index is -0.246. The summed E-state index contributed by atoms with van der Waals surface area (Å²) in [7, 11) is 0. The van der Waals surface area contributed by atoms with Crippen molar-refractivity contribution in [2.24, 2.45) is 0 Å². The van der Waals surface area contributed by atoms with Gasteiger partial charge in [0, 0.05) is 19.4 Å². The van der Waals surface area contributed by atoms with Crippen LogP contribution in [0.1, 0.15) is 51.4 Å². The van der Waals surface area contributed by atoms with Crippen molar-refractivity contribution in [3.63, 3.8) is 0 Å². The van der Waals surface area contributed by atoms with Crippen molar-refractivity contribution >= 4 is 0 Å². The van der Waals surface area contributed by atoms with Crippen molar-refractivity contribution in [2.45, 2.75) is 63.3 Å². The largest absolute Gasteiger partial charge is 0.378 e.